The number of nitrogen functional groups attached to an aromatic ring is 1. The van der Waals surface area contributed by atoms with Crippen molar-refractivity contribution in [1.29, 1.82) is 0 Å². The molecule has 0 atom stereocenters. The van der Waals surface area contributed by atoms with Crippen LogP contribution >= 0.6 is 27.5 Å². The summed E-state index contributed by atoms with van der Waals surface area (Å²) in [6, 6.07) is 8.24. The zero-order valence-electron chi connectivity index (χ0n) is 9.77. The first-order valence-electron chi connectivity index (χ1n) is 5.39. The number of hydrogen-bond acceptors (Lipinski definition) is 4. The Bertz CT molecular complexity index is 602. The van der Waals surface area contributed by atoms with Gasteiger partial charge < -0.3 is 10.5 Å². The number of aromatic nitrogens is 1. The van der Waals surface area contributed by atoms with Crippen molar-refractivity contribution in [3.05, 3.63) is 57.3 Å². The normalized spacial score (nSPS) is 10.2. The number of anilines is 1. The van der Waals surface area contributed by atoms with E-state index in [-0.39, 0.29) is 17.2 Å². The average molecular weight is 342 g/mol. The molecule has 0 saturated carbocycles. The fourth-order valence-electron chi connectivity index (χ4n) is 1.41. The minimum atomic E-state index is -0.505. The molecule has 0 spiro atoms. The Kier molecular flexibility index (Phi) is 4.39. The van der Waals surface area contributed by atoms with Gasteiger partial charge in [-0.1, -0.05) is 11.6 Å². The van der Waals surface area contributed by atoms with Gasteiger partial charge in [0.25, 0.3) is 0 Å². The SMILES string of the molecule is Nc1ccc(C(=O)OCc2ccc(Br)cn2)c(Cl)c1. The molecule has 0 saturated heterocycles. The minimum Gasteiger partial charge on any atom is -0.456 e. The number of esters is 1. The summed E-state index contributed by atoms with van der Waals surface area (Å²) in [5.74, 6) is -0.505. The molecule has 6 heteroatoms. The van der Waals surface area contributed by atoms with Crippen LogP contribution in [0.4, 0.5) is 5.69 Å². The first-order valence-corrected chi connectivity index (χ1v) is 6.56. The summed E-state index contributed by atoms with van der Waals surface area (Å²) < 4.78 is 6.00. The van der Waals surface area contributed by atoms with Gasteiger partial charge in [-0.2, -0.15) is 0 Å². The molecule has 2 aromatic rings. The Morgan fingerprint density at radius 2 is 2.16 bits per heavy atom. The summed E-state index contributed by atoms with van der Waals surface area (Å²) in [4.78, 5) is 15.9. The molecule has 0 amide bonds. The van der Waals surface area contributed by atoms with Crippen molar-refractivity contribution in [2.75, 3.05) is 5.73 Å². The quantitative estimate of drug-likeness (QED) is 0.686. The van der Waals surface area contributed by atoms with Gasteiger partial charge in [-0.05, 0) is 46.3 Å². The van der Waals surface area contributed by atoms with Crippen LogP contribution in [0.3, 0.4) is 0 Å². The maximum absolute atomic E-state index is 11.8. The highest BCUT2D eigenvalue weighted by Gasteiger charge is 2.12. The Hall–Kier alpha value is -1.59. The van der Waals surface area contributed by atoms with E-state index in [0.29, 0.717) is 11.4 Å². The molecular weight excluding hydrogens is 332 g/mol. The van der Waals surface area contributed by atoms with Gasteiger partial charge in [0.2, 0.25) is 0 Å². The number of carbonyl (C=O) groups excluding carboxylic acids is 1. The van der Waals surface area contributed by atoms with E-state index < -0.39 is 5.97 Å². The molecule has 0 aliphatic carbocycles. The van der Waals surface area contributed by atoms with E-state index in [9.17, 15) is 4.79 Å². The van der Waals surface area contributed by atoms with Crippen molar-refractivity contribution >= 4 is 39.2 Å². The number of hydrogen-bond donors (Lipinski definition) is 1. The lowest BCUT2D eigenvalue weighted by atomic mass is 10.2. The monoisotopic (exact) mass is 340 g/mol. The molecule has 2 N–H and O–H groups in total. The van der Waals surface area contributed by atoms with E-state index in [1.807, 2.05) is 6.07 Å². The summed E-state index contributed by atoms with van der Waals surface area (Å²) in [6.45, 7) is 0.0901. The third kappa shape index (κ3) is 3.68. The summed E-state index contributed by atoms with van der Waals surface area (Å²) in [5.41, 5.74) is 6.99. The first-order chi connectivity index (χ1) is 9.06. The number of nitrogens with two attached hydrogens (primary N) is 1. The lowest BCUT2D eigenvalue weighted by Gasteiger charge is -2.06. The molecule has 19 heavy (non-hydrogen) atoms. The molecule has 0 bridgehead atoms. The Balaban J connectivity index is 2.03. The molecule has 0 aliphatic rings. The standard InChI is InChI=1S/C13H10BrClN2O2/c14-8-1-3-10(17-6-8)7-19-13(18)11-4-2-9(16)5-12(11)15/h1-6H,7,16H2. The topological polar surface area (TPSA) is 65.2 Å². The van der Waals surface area contributed by atoms with Gasteiger partial charge >= 0.3 is 5.97 Å². The number of halogens is 2. The fourth-order valence-corrected chi connectivity index (χ4v) is 1.91. The molecule has 2 rings (SSSR count). The number of benzene rings is 1. The summed E-state index contributed by atoms with van der Waals surface area (Å²) in [5, 5.41) is 0.272. The van der Waals surface area contributed by atoms with Crippen LogP contribution in [-0.4, -0.2) is 11.0 Å². The first kappa shape index (κ1) is 13.8. The van der Waals surface area contributed by atoms with Crippen LogP contribution in [-0.2, 0) is 11.3 Å². The van der Waals surface area contributed by atoms with E-state index in [4.69, 9.17) is 22.1 Å². The Morgan fingerprint density at radius 1 is 1.37 bits per heavy atom. The second-order valence-corrected chi connectivity index (χ2v) is 5.11. The molecule has 1 aromatic heterocycles. The average Bonchev–Trinajstić information content (AvgIpc) is 2.37. The molecule has 1 aromatic carbocycles. The molecule has 0 radical (unpaired) electrons. The Labute approximate surface area is 123 Å². The maximum atomic E-state index is 11.8. The number of carbonyl (C=O) groups is 1. The zero-order chi connectivity index (χ0) is 13.8. The van der Waals surface area contributed by atoms with Crippen molar-refractivity contribution in [2.45, 2.75) is 6.61 Å². The number of rotatable bonds is 3. The second kappa shape index (κ2) is 6.04. The lowest BCUT2D eigenvalue weighted by Crippen LogP contribution is -2.07. The smallest absolute Gasteiger partial charge is 0.340 e. The number of pyridine rings is 1. The van der Waals surface area contributed by atoms with Crippen LogP contribution in [0.25, 0.3) is 0 Å². The van der Waals surface area contributed by atoms with Crippen LogP contribution in [0.1, 0.15) is 16.1 Å². The summed E-state index contributed by atoms with van der Waals surface area (Å²) in [7, 11) is 0. The van der Waals surface area contributed by atoms with Crippen LogP contribution in [0.2, 0.25) is 5.02 Å². The van der Waals surface area contributed by atoms with E-state index in [2.05, 4.69) is 20.9 Å². The highest BCUT2D eigenvalue weighted by atomic mass is 79.9. The predicted octanol–water partition coefficient (Wildman–Crippen LogP) is 3.44. The van der Waals surface area contributed by atoms with E-state index in [1.54, 1.807) is 18.3 Å². The van der Waals surface area contributed by atoms with Crippen molar-refractivity contribution < 1.29 is 9.53 Å². The van der Waals surface area contributed by atoms with Crippen molar-refractivity contribution in [2.24, 2.45) is 0 Å². The zero-order valence-corrected chi connectivity index (χ0v) is 12.1. The minimum absolute atomic E-state index is 0.0901. The highest BCUT2D eigenvalue weighted by Crippen LogP contribution is 2.20. The van der Waals surface area contributed by atoms with Gasteiger partial charge in [0, 0.05) is 16.4 Å². The second-order valence-electron chi connectivity index (χ2n) is 3.78. The largest absolute Gasteiger partial charge is 0.456 e. The number of nitrogens with zero attached hydrogens (tertiary/aromatic N) is 1. The fraction of sp³-hybridized carbons (Fsp3) is 0.0769. The molecule has 0 aliphatic heterocycles. The van der Waals surface area contributed by atoms with Gasteiger partial charge in [0.1, 0.15) is 6.61 Å². The van der Waals surface area contributed by atoms with E-state index in [0.717, 1.165) is 4.47 Å². The molecule has 0 fully saturated rings. The number of ether oxygens (including phenoxy) is 1. The molecule has 98 valence electrons. The van der Waals surface area contributed by atoms with Gasteiger partial charge in [0.15, 0.2) is 0 Å². The van der Waals surface area contributed by atoms with Gasteiger partial charge in [-0.25, -0.2) is 4.79 Å². The highest BCUT2D eigenvalue weighted by molar-refractivity contribution is 9.10. The van der Waals surface area contributed by atoms with Crippen LogP contribution in [0, 0.1) is 0 Å². The van der Waals surface area contributed by atoms with Gasteiger partial charge in [-0.3, -0.25) is 4.98 Å². The third-order valence-electron chi connectivity index (χ3n) is 2.35. The van der Waals surface area contributed by atoms with Crippen LogP contribution in [0.15, 0.2) is 41.0 Å². The molecule has 4 nitrogen and oxygen atoms in total. The van der Waals surface area contributed by atoms with Crippen LogP contribution < -0.4 is 5.73 Å². The lowest BCUT2D eigenvalue weighted by molar-refractivity contribution is 0.0468. The van der Waals surface area contributed by atoms with Crippen LogP contribution in [0.5, 0.6) is 0 Å². The molecule has 0 unspecified atom stereocenters. The van der Waals surface area contributed by atoms with Crippen molar-refractivity contribution in [3.8, 4) is 0 Å². The van der Waals surface area contributed by atoms with Gasteiger partial charge in [-0.15, -0.1) is 0 Å². The van der Waals surface area contributed by atoms with E-state index >= 15 is 0 Å². The van der Waals surface area contributed by atoms with Crippen molar-refractivity contribution in [3.63, 3.8) is 0 Å². The summed E-state index contributed by atoms with van der Waals surface area (Å²) in [6.07, 6.45) is 1.64. The summed E-state index contributed by atoms with van der Waals surface area (Å²) >= 11 is 9.20. The van der Waals surface area contributed by atoms with Crippen molar-refractivity contribution in [1.82, 2.24) is 4.98 Å². The van der Waals surface area contributed by atoms with E-state index in [1.165, 1.54) is 12.1 Å². The molecule has 1 heterocycles. The maximum Gasteiger partial charge on any atom is 0.340 e. The third-order valence-corrected chi connectivity index (χ3v) is 3.13. The van der Waals surface area contributed by atoms with Gasteiger partial charge in [0.05, 0.1) is 16.3 Å². The molecular formula is C13H10BrClN2O2. The predicted molar refractivity (Wildman–Crippen MR) is 76.9 cm³/mol. The Morgan fingerprint density at radius 3 is 2.79 bits per heavy atom.